The molecule has 0 unspecified atom stereocenters. The number of aromatic nitrogens is 1. The zero-order chi connectivity index (χ0) is 20.3. The van der Waals surface area contributed by atoms with Gasteiger partial charge in [-0.1, -0.05) is 48.0 Å². The summed E-state index contributed by atoms with van der Waals surface area (Å²) in [6, 6.07) is 16.5. The second kappa shape index (κ2) is 8.42. The first kappa shape index (κ1) is 19.9. The van der Waals surface area contributed by atoms with E-state index in [1.807, 2.05) is 51.1 Å². The number of hydrogen-bond acceptors (Lipinski definition) is 3. The van der Waals surface area contributed by atoms with Crippen LogP contribution in [0.4, 0.5) is 0 Å². The molecule has 0 fully saturated rings. The summed E-state index contributed by atoms with van der Waals surface area (Å²) in [5.74, 6) is -0.582. The molecule has 1 amide bonds. The molecule has 0 aliphatic rings. The molecule has 0 radical (unpaired) electrons. The van der Waals surface area contributed by atoms with Gasteiger partial charge in [0, 0.05) is 27.7 Å². The number of carbonyl (C=O) groups is 1. The first-order valence-corrected chi connectivity index (χ1v) is 9.27. The third-order valence-electron chi connectivity index (χ3n) is 4.62. The van der Waals surface area contributed by atoms with E-state index in [0.717, 1.165) is 28.2 Å². The Morgan fingerprint density at radius 1 is 1.14 bits per heavy atom. The molecule has 3 aromatic rings. The average Bonchev–Trinajstić information content (AvgIpc) is 2.97. The van der Waals surface area contributed by atoms with Crippen LogP contribution < -0.4 is 5.43 Å². The van der Waals surface area contributed by atoms with Gasteiger partial charge >= 0.3 is 0 Å². The number of benzene rings is 2. The standard InChI is InChI=1S/C22H22ClN3O2/c1-14-9-10-19(23)12-20(14)26-15(2)11-18(16(26)3)13-24-25-22(28)21(27)17-7-5-4-6-8-17/h4-13,21,27H,1-3H3,(H,25,28)/b24-13-/t21-/m1/s1. The third-order valence-corrected chi connectivity index (χ3v) is 4.86. The SMILES string of the molecule is Cc1ccc(Cl)cc1-n1c(C)cc(/C=N\NC(=O)[C@H](O)c2ccccc2)c1C. The van der Waals surface area contributed by atoms with Gasteiger partial charge in [-0.05, 0) is 50.1 Å². The van der Waals surface area contributed by atoms with Crippen LogP contribution in [0.3, 0.4) is 0 Å². The van der Waals surface area contributed by atoms with Crippen molar-refractivity contribution in [3.63, 3.8) is 0 Å². The number of nitrogens with zero attached hydrogens (tertiary/aromatic N) is 2. The first-order chi connectivity index (χ1) is 13.4. The molecule has 2 aromatic carbocycles. The molecule has 28 heavy (non-hydrogen) atoms. The van der Waals surface area contributed by atoms with Crippen LogP contribution in [0.15, 0.2) is 59.7 Å². The first-order valence-electron chi connectivity index (χ1n) is 8.90. The number of aliphatic hydroxyl groups excluding tert-OH is 1. The monoisotopic (exact) mass is 395 g/mol. The number of hydrazone groups is 1. The van der Waals surface area contributed by atoms with E-state index in [9.17, 15) is 9.90 Å². The predicted molar refractivity (Wildman–Crippen MR) is 112 cm³/mol. The lowest BCUT2D eigenvalue weighted by molar-refractivity contribution is -0.129. The van der Waals surface area contributed by atoms with Crippen molar-refractivity contribution < 1.29 is 9.90 Å². The summed E-state index contributed by atoms with van der Waals surface area (Å²) in [5.41, 5.74) is 7.90. The molecule has 2 N–H and O–H groups in total. The van der Waals surface area contributed by atoms with Gasteiger partial charge in [0.05, 0.1) is 6.21 Å². The third kappa shape index (κ3) is 4.16. The van der Waals surface area contributed by atoms with E-state index in [1.54, 1.807) is 30.5 Å². The summed E-state index contributed by atoms with van der Waals surface area (Å²) in [6.45, 7) is 6.02. The van der Waals surface area contributed by atoms with Crippen molar-refractivity contribution in [2.45, 2.75) is 26.9 Å². The molecular formula is C22H22ClN3O2. The highest BCUT2D eigenvalue weighted by molar-refractivity contribution is 6.30. The Kier molecular flexibility index (Phi) is 5.97. The quantitative estimate of drug-likeness (QED) is 0.501. The Labute approximate surface area is 169 Å². The predicted octanol–water partition coefficient (Wildman–Crippen LogP) is 4.24. The fourth-order valence-corrected chi connectivity index (χ4v) is 3.29. The van der Waals surface area contributed by atoms with Gasteiger partial charge in [-0.25, -0.2) is 5.43 Å². The number of aliphatic hydroxyl groups is 1. The second-order valence-corrected chi connectivity index (χ2v) is 7.08. The van der Waals surface area contributed by atoms with Gasteiger partial charge in [0.1, 0.15) is 0 Å². The molecule has 0 aliphatic heterocycles. The topological polar surface area (TPSA) is 66.6 Å². The van der Waals surface area contributed by atoms with Gasteiger partial charge in [-0.15, -0.1) is 0 Å². The number of rotatable bonds is 5. The van der Waals surface area contributed by atoms with Crippen LogP contribution in [-0.4, -0.2) is 21.8 Å². The molecule has 3 rings (SSSR count). The van der Waals surface area contributed by atoms with E-state index >= 15 is 0 Å². The van der Waals surface area contributed by atoms with Crippen LogP contribution in [0.1, 0.15) is 34.2 Å². The maximum atomic E-state index is 12.1. The number of amides is 1. The van der Waals surface area contributed by atoms with Crippen LogP contribution in [0, 0.1) is 20.8 Å². The lowest BCUT2D eigenvalue weighted by atomic mass is 10.1. The minimum Gasteiger partial charge on any atom is -0.378 e. The van der Waals surface area contributed by atoms with Crippen LogP contribution in [0.2, 0.25) is 5.02 Å². The van der Waals surface area contributed by atoms with Crippen LogP contribution in [0.5, 0.6) is 0 Å². The van der Waals surface area contributed by atoms with Gasteiger partial charge in [0.15, 0.2) is 6.10 Å². The molecule has 144 valence electrons. The number of nitrogens with one attached hydrogen (secondary N) is 1. The van der Waals surface area contributed by atoms with E-state index < -0.39 is 12.0 Å². The second-order valence-electron chi connectivity index (χ2n) is 6.64. The summed E-state index contributed by atoms with van der Waals surface area (Å²) >= 11 is 6.17. The smallest absolute Gasteiger partial charge is 0.273 e. The van der Waals surface area contributed by atoms with E-state index in [1.165, 1.54) is 0 Å². The summed E-state index contributed by atoms with van der Waals surface area (Å²) in [6.07, 6.45) is 0.314. The molecule has 1 heterocycles. The van der Waals surface area contributed by atoms with Crippen molar-refractivity contribution in [1.29, 1.82) is 0 Å². The summed E-state index contributed by atoms with van der Waals surface area (Å²) < 4.78 is 2.10. The van der Waals surface area contributed by atoms with Gasteiger partial charge in [-0.2, -0.15) is 5.10 Å². The lowest BCUT2D eigenvalue weighted by Crippen LogP contribution is -2.25. The average molecular weight is 396 g/mol. The molecule has 5 nitrogen and oxygen atoms in total. The Hall–Kier alpha value is -2.89. The van der Waals surface area contributed by atoms with Gasteiger partial charge in [-0.3, -0.25) is 4.79 Å². The van der Waals surface area contributed by atoms with Gasteiger partial charge in [0.2, 0.25) is 0 Å². The van der Waals surface area contributed by atoms with Crippen molar-refractivity contribution in [1.82, 2.24) is 9.99 Å². The summed E-state index contributed by atoms with van der Waals surface area (Å²) in [4.78, 5) is 12.1. The Morgan fingerprint density at radius 2 is 1.86 bits per heavy atom. The molecule has 0 aliphatic carbocycles. The molecular weight excluding hydrogens is 374 g/mol. The van der Waals surface area contributed by atoms with Crippen LogP contribution in [0.25, 0.3) is 5.69 Å². The normalized spacial score (nSPS) is 12.3. The van der Waals surface area contributed by atoms with Crippen molar-refractivity contribution in [2.24, 2.45) is 5.10 Å². The zero-order valence-electron chi connectivity index (χ0n) is 16.0. The maximum Gasteiger partial charge on any atom is 0.273 e. The van der Waals surface area contributed by atoms with Crippen molar-refractivity contribution in [3.8, 4) is 5.69 Å². The van der Waals surface area contributed by atoms with Crippen LogP contribution >= 0.6 is 11.6 Å². The van der Waals surface area contributed by atoms with Gasteiger partial charge in [0.25, 0.3) is 5.91 Å². The largest absolute Gasteiger partial charge is 0.378 e. The molecule has 1 atom stereocenters. The Bertz CT molecular complexity index is 1030. The molecule has 0 saturated heterocycles. The fraction of sp³-hybridized carbons (Fsp3) is 0.182. The van der Waals surface area contributed by atoms with Gasteiger partial charge < -0.3 is 9.67 Å². The van der Waals surface area contributed by atoms with Crippen LogP contribution in [-0.2, 0) is 4.79 Å². The van der Waals surface area contributed by atoms with Crippen molar-refractivity contribution in [2.75, 3.05) is 0 Å². The molecule has 6 heteroatoms. The number of carbonyl (C=O) groups excluding carboxylic acids is 1. The van der Waals surface area contributed by atoms with Crippen molar-refractivity contribution >= 4 is 23.7 Å². The Morgan fingerprint density at radius 3 is 2.57 bits per heavy atom. The summed E-state index contributed by atoms with van der Waals surface area (Å²) in [7, 11) is 0. The molecule has 0 saturated carbocycles. The van der Waals surface area contributed by atoms with E-state index in [2.05, 4.69) is 15.1 Å². The highest BCUT2D eigenvalue weighted by Crippen LogP contribution is 2.25. The minimum atomic E-state index is -1.26. The fourth-order valence-electron chi connectivity index (χ4n) is 3.13. The van der Waals surface area contributed by atoms with E-state index in [0.29, 0.717) is 10.6 Å². The number of hydrogen-bond donors (Lipinski definition) is 2. The number of aryl methyl sites for hydroxylation is 2. The molecule has 1 aromatic heterocycles. The Balaban J connectivity index is 1.78. The highest BCUT2D eigenvalue weighted by Gasteiger charge is 2.16. The maximum absolute atomic E-state index is 12.1. The van der Waals surface area contributed by atoms with E-state index in [-0.39, 0.29) is 0 Å². The molecule has 0 bridgehead atoms. The van der Waals surface area contributed by atoms with E-state index in [4.69, 9.17) is 11.6 Å². The lowest BCUT2D eigenvalue weighted by Gasteiger charge is -2.13. The van der Waals surface area contributed by atoms with Crippen molar-refractivity contribution in [3.05, 3.63) is 87.7 Å². The number of halogens is 1. The minimum absolute atomic E-state index is 0.518. The zero-order valence-corrected chi connectivity index (χ0v) is 16.7. The highest BCUT2D eigenvalue weighted by atomic mass is 35.5. The molecule has 0 spiro atoms. The summed E-state index contributed by atoms with van der Waals surface area (Å²) in [5, 5.41) is 14.8.